The van der Waals surface area contributed by atoms with Crippen molar-refractivity contribution in [2.24, 2.45) is 11.8 Å². The minimum Gasteiger partial charge on any atom is -0.462 e. The van der Waals surface area contributed by atoms with Crippen molar-refractivity contribution >= 4 is 14.3 Å². The highest BCUT2D eigenvalue weighted by molar-refractivity contribution is 6.73. The molecule has 0 aromatic rings. The van der Waals surface area contributed by atoms with E-state index in [0.717, 1.165) is 24.6 Å². The highest BCUT2D eigenvalue weighted by Crippen LogP contribution is 2.44. The van der Waals surface area contributed by atoms with Crippen LogP contribution in [-0.2, 0) is 14.0 Å². The van der Waals surface area contributed by atoms with Crippen LogP contribution < -0.4 is 0 Å². The summed E-state index contributed by atoms with van der Waals surface area (Å²) in [4.78, 5) is 11.3. The van der Waals surface area contributed by atoms with Crippen LogP contribution in [0, 0.1) is 11.8 Å². The Balaban J connectivity index is 2.07. The third kappa shape index (κ3) is 2.73. The van der Waals surface area contributed by atoms with Crippen LogP contribution in [0.1, 0.15) is 33.6 Å². The normalized spacial score (nSPS) is 34.4. The fraction of sp³-hybridized carbons (Fsp3) is 0.929. The quantitative estimate of drug-likeness (QED) is 0.601. The number of carbonyl (C=O) groups is 1. The van der Waals surface area contributed by atoms with Crippen LogP contribution in [0.4, 0.5) is 0 Å². The smallest absolute Gasteiger partial charge is 0.306 e. The second-order valence-electron chi connectivity index (χ2n) is 5.88. The predicted octanol–water partition coefficient (Wildman–Crippen LogP) is 2.32. The topological polar surface area (TPSA) is 55.8 Å². The van der Waals surface area contributed by atoms with Crippen LogP contribution in [0.15, 0.2) is 0 Å². The summed E-state index contributed by atoms with van der Waals surface area (Å²) in [5, 5.41) is 9.65. The minimum atomic E-state index is -1.66. The SMILES string of the molecule is CC[Si](CC)(CC)OC1CC2OC(=O)CC2C1CO. The van der Waals surface area contributed by atoms with E-state index in [1.807, 2.05) is 0 Å². The molecule has 5 heteroatoms. The molecule has 0 radical (unpaired) electrons. The second-order valence-corrected chi connectivity index (χ2v) is 10.6. The molecule has 2 fully saturated rings. The van der Waals surface area contributed by atoms with E-state index in [9.17, 15) is 9.90 Å². The zero-order valence-electron chi connectivity index (χ0n) is 12.2. The van der Waals surface area contributed by atoms with Crippen molar-refractivity contribution in [1.82, 2.24) is 0 Å². The number of rotatable bonds is 6. The van der Waals surface area contributed by atoms with E-state index in [4.69, 9.17) is 9.16 Å². The van der Waals surface area contributed by atoms with Crippen LogP contribution in [-0.4, -0.2) is 38.2 Å². The van der Waals surface area contributed by atoms with E-state index in [0.29, 0.717) is 6.42 Å². The molecule has 1 saturated carbocycles. The van der Waals surface area contributed by atoms with Gasteiger partial charge in [-0.1, -0.05) is 20.8 Å². The van der Waals surface area contributed by atoms with Gasteiger partial charge in [0.2, 0.25) is 0 Å². The lowest BCUT2D eigenvalue weighted by Gasteiger charge is -2.34. The van der Waals surface area contributed by atoms with Gasteiger partial charge in [0.1, 0.15) is 6.10 Å². The number of hydrogen-bond donors (Lipinski definition) is 1. The first-order valence-corrected chi connectivity index (χ1v) is 10.1. The molecular weight excluding hydrogens is 260 g/mol. The first-order valence-electron chi connectivity index (χ1n) is 7.57. The monoisotopic (exact) mass is 286 g/mol. The van der Waals surface area contributed by atoms with Gasteiger partial charge in [-0.25, -0.2) is 0 Å². The highest BCUT2D eigenvalue weighted by atomic mass is 28.4. The first-order chi connectivity index (χ1) is 9.09. The van der Waals surface area contributed by atoms with Crippen LogP contribution in [0.5, 0.6) is 0 Å². The average Bonchev–Trinajstić information content (AvgIpc) is 2.91. The number of carbonyl (C=O) groups excluding carboxylic acids is 1. The second kappa shape index (κ2) is 5.93. The van der Waals surface area contributed by atoms with Crippen molar-refractivity contribution < 1.29 is 19.1 Å². The third-order valence-corrected chi connectivity index (χ3v) is 9.87. The number of esters is 1. The largest absolute Gasteiger partial charge is 0.462 e. The average molecular weight is 286 g/mol. The number of aliphatic hydroxyl groups is 1. The minimum absolute atomic E-state index is 0.0214. The van der Waals surface area contributed by atoms with Gasteiger partial charge >= 0.3 is 5.97 Å². The molecule has 1 aliphatic carbocycles. The van der Waals surface area contributed by atoms with Crippen molar-refractivity contribution in [1.29, 1.82) is 0 Å². The Morgan fingerprint density at radius 3 is 2.47 bits per heavy atom. The Hall–Kier alpha value is -0.393. The summed E-state index contributed by atoms with van der Waals surface area (Å²) >= 11 is 0. The maximum absolute atomic E-state index is 11.3. The zero-order chi connectivity index (χ0) is 14.0. The summed E-state index contributed by atoms with van der Waals surface area (Å²) in [6, 6.07) is 3.34. The summed E-state index contributed by atoms with van der Waals surface area (Å²) in [7, 11) is -1.66. The van der Waals surface area contributed by atoms with E-state index in [1.54, 1.807) is 0 Å². The van der Waals surface area contributed by atoms with Crippen molar-refractivity contribution in [2.75, 3.05) is 6.61 Å². The van der Waals surface area contributed by atoms with Gasteiger partial charge in [0.05, 0.1) is 12.5 Å². The molecule has 0 amide bonds. The molecule has 0 bridgehead atoms. The van der Waals surface area contributed by atoms with Gasteiger partial charge in [0, 0.05) is 24.9 Å². The maximum Gasteiger partial charge on any atom is 0.306 e. The van der Waals surface area contributed by atoms with Gasteiger partial charge in [-0.2, -0.15) is 0 Å². The van der Waals surface area contributed by atoms with Gasteiger partial charge in [-0.05, 0) is 18.1 Å². The lowest BCUT2D eigenvalue weighted by atomic mass is 9.93. The molecular formula is C14H26O4Si. The number of hydrogen-bond acceptors (Lipinski definition) is 4. The lowest BCUT2D eigenvalue weighted by Crippen LogP contribution is -2.42. The third-order valence-electron chi connectivity index (χ3n) is 5.20. The molecule has 1 heterocycles. The first kappa shape index (κ1) is 15.0. The van der Waals surface area contributed by atoms with E-state index in [1.165, 1.54) is 0 Å². The van der Waals surface area contributed by atoms with Crippen molar-refractivity contribution in [3.05, 3.63) is 0 Å². The Kier molecular flexibility index (Phi) is 4.69. The maximum atomic E-state index is 11.3. The molecule has 4 nitrogen and oxygen atoms in total. The fourth-order valence-corrected chi connectivity index (χ4v) is 6.58. The molecule has 0 aromatic carbocycles. The van der Waals surface area contributed by atoms with Crippen LogP contribution in [0.3, 0.4) is 0 Å². The van der Waals surface area contributed by atoms with Gasteiger partial charge in [-0.3, -0.25) is 4.79 Å². The van der Waals surface area contributed by atoms with E-state index in [2.05, 4.69) is 20.8 Å². The Bertz CT molecular complexity index is 321. The Morgan fingerprint density at radius 2 is 1.95 bits per heavy atom. The molecule has 1 aliphatic heterocycles. The lowest BCUT2D eigenvalue weighted by molar-refractivity contribution is -0.141. The highest BCUT2D eigenvalue weighted by Gasteiger charge is 2.51. The summed E-state index contributed by atoms with van der Waals surface area (Å²) < 4.78 is 11.9. The summed E-state index contributed by atoms with van der Waals surface area (Å²) in [6.45, 7) is 6.74. The predicted molar refractivity (Wildman–Crippen MR) is 75.2 cm³/mol. The summed E-state index contributed by atoms with van der Waals surface area (Å²) in [6.07, 6.45) is 1.29. The van der Waals surface area contributed by atoms with Gasteiger partial charge in [0.25, 0.3) is 0 Å². The van der Waals surface area contributed by atoms with E-state index >= 15 is 0 Å². The number of aliphatic hydroxyl groups excluding tert-OH is 1. The summed E-state index contributed by atoms with van der Waals surface area (Å²) in [5.41, 5.74) is 0. The van der Waals surface area contributed by atoms with Crippen LogP contribution in [0.2, 0.25) is 18.1 Å². The van der Waals surface area contributed by atoms with E-state index in [-0.39, 0.29) is 36.6 Å². The van der Waals surface area contributed by atoms with Crippen molar-refractivity contribution in [3.63, 3.8) is 0 Å². The van der Waals surface area contributed by atoms with Gasteiger partial charge in [0.15, 0.2) is 8.32 Å². The molecule has 4 unspecified atom stereocenters. The van der Waals surface area contributed by atoms with E-state index < -0.39 is 8.32 Å². The van der Waals surface area contributed by atoms with Gasteiger partial charge < -0.3 is 14.3 Å². The Morgan fingerprint density at radius 1 is 1.32 bits per heavy atom. The number of fused-ring (bicyclic) bond motifs is 1. The van der Waals surface area contributed by atoms with Crippen molar-refractivity contribution in [2.45, 2.75) is 64.0 Å². The molecule has 0 aromatic heterocycles. The standard InChI is InChI=1S/C14H26O4Si/c1-4-19(5-2,6-3)18-13-8-12-10(11(13)9-15)7-14(16)17-12/h10-13,15H,4-9H2,1-3H3. The molecule has 4 atom stereocenters. The van der Waals surface area contributed by atoms with Crippen LogP contribution in [0.25, 0.3) is 0 Å². The van der Waals surface area contributed by atoms with Crippen molar-refractivity contribution in [3.8, 4) is 0 Å². The molecule has 2 aliphatic rings. The number of ether oxygens (including phenoxy) is 1. The van der Waals surface area contributed by atoms with Crippen LogP contribution >= 0.6 is 0 Å². The zero-order valence-corrected chi connectivity index (χ0v) is 13.2. The molecule has 19 heavy (non-hydrogen) atoms. The molecule has 0 spiro atoms. The summed E-state index contributed by atoms with van der Waals surface area (Å²) in [5.74, 6) is 0.129. The molecule has 110 valence electrons. The molecule has 1 N–H and O–H groups in total. The molecule has 2 rings (SSSR count). The molecule has 1 saturated heterocycles. The fourth-order valence-electron chi connectivity index (χ4n) is 3.67. The van der Waals surface area contributed by atoms with Gasteiger partial charge in [-0.15, -0.1) is 0 Å². The Labute approximate surface area is 116 Å².